The van der Waals surface area contributed by atoms with E-state index in [4.69, 9.17) is 0 Å². The maximum atomic E-state index is 12.8. The Hall–Kier alpha value is -2.18. The SMILES string of the molecule is Cn1ncc([N+](=O)[O-])c1C(=O)N1CCCC2(CC=CCC2)C1. The molecule has 118 valence electrons. The Morgan fingerprint density at radius 3 is 2.91 bits per heavy atom. The van der Waals surface area contributed by atoms with Crippen molar-refractivity contribution in [2.24, 2.45) is 12.5 Å². The number of carbonyl (C=O) groups excluding carboxylic acids is 1. The molecule has 7 nitrogen and oxygen atoms in total. The van der Waals surface area contributed by atoms with Gasteiger partial charge >= 0.3 is 5.69 Å². The van der Waals surface area contributed by atoms with E-state index < -0.39 is 4.92 Å². The normalized spacial score (nSPS) is 24.7. The lowest BCUT2D eigenvalue weighted by Crippen LogP contribution is -2.47. The van der Waals surface area contributed by atoms with Crippen molar-refractivity contribution < 1.29 is 9.72 Å². The van der Waals surface area contributed by atoms with Gasteiger partial charge in [0.05, 0.1) is 4.92 Å². The topological polar surface area (TPSA) is 81.3 Å². The zero-order chi connectivity index (χ0) is 15.7. The first-order chi connectivity index (χ1) is 10.5. The second kappa shape index (κ2) is 5.55. The highest BCUT2D eigenvalue weighted by atomic mass is 16.6. The highest BCUT2D eigenvalue weighted by Gasteiger charge is 2.39. The van der Waals surface area contributed by atoms with Crippen molar-refractivity contribution in [2.45, 2.75) is 32.1 Å². The molecule has 2 aliphatic rings. The Morgan fingerprint density at radius 1 is 1.41 bits per heavy atom. The number of nitrogens with zero attached hydrogens (tertiary/aromatic N) is 4. The molecule has 1 aromatic rings. The number of aromatic nitrogens is 2. The molecule has 0 N–H and O–H groups in total. The summed E-state index contributed by atoms with van der Waals surface area (Å²) in [4.78, 5) is 25.1. The second-order valence-corrected chi connectivity index (χ2v) is 6.30. The third-order valence-corrected chi connectivity index (χ3v) is 4.83. The summed E-state index contributed by atoms with van der Waals surface area (Å²) in [6.07, 6.45) is 10.7. The number of carbonyl (C=O) groups is 1. The molecule has 22 heavy (non-hydrogen) atoms. The number of hydrogen-bond acceptors (Lipinski definition) is 4. The molecule has 0 saturated carbocycles. The first kappa shape index (κ1) is 14.7. The van der Waals surface area contributed by atoms with Gasteiger partial charge in [-0.2, -0.15) is 5.10 Å². The average Bonchev–Trinajstić information content (AvgIpc) is 2.89. The molecule has 1 aliphatic heterocycles. The van der Waals surface area contributed by atoms with Gasteiger partial charge in [0, 0.05) is 20.1 Å². The summed E-state index contributed by atoms with van der Waals surface area (Å²) in [6.45, 7) is 1.34. The van der Waals surface area contributed by atoms with E-state index in [1.807, 2.05) is 0 Å². The Balaban J connectivity index is 1.85. The van der Waals surface area contributed by atoms with Crippen LogP contribution >= 0.6 is 0 Å². The van der Waals surface area contributed by atoms with Gasteiger partial charge in [-0.1, -0.05) is 12.2 Å². The molecule has 1 aliphatic carbocycles. The summed E-state index contributed by atoms with van der Waals surface area (Å²) in [6, 6.07) is 0. The van der Waals surface area contributed by atoms with Crippen molar-refractivity contribution >= 4 is 11.6 Å². The van der Waals surface area contributed by atoms with Crippen LogP contribution in [0, 0.1) is 15.5 Å². The van der Waals surface area contributed by atoms with E-state index in [1.54, 1.807) is 11.9 Å². The Morgan fingerprint density at radius 2 is 2.23 bits per heavy atom. The third kappa shape index (κ3) is 2.51. The van der Waals surface area contributed by atoms with Gasteiger partial charge in [-0.25, -0.2) is 0 Å². The van der Waals surface area contributed by atoms with Crippen LogP contribution in [0.2, 0.25) is 0 Å². The van der Waals surface area contributed by atoms with E-state index in [1.165, 1.54) is 4.68 Å². The monoisotopic (exact) mass is 304 g/mol. The van der Waals surface area contributed by atoms with E-state index in [-0.39, 0.29) is 22.7 Å². The lowest BCUT2D eigenvalue weighted by atomic mass is 9.71. The molecule has 1 amide bonds. The molecular formula is C15H20N4O3. The number of rotatable bonds is 2. The van der Waals surface area contributed by atoms with Crippen LogP contribution in [0.3, 0.4) is 0 Å². The number of likely N-dealkylation sites (tertiary alicyclic amines) is 1. The van der Waals surface area contributed by atoms with Gasteiger partial charge in [0.2, 0.25) is 5.69 Å². The summed E-state index contributed by atoms with van der Waals surface area (Å²) in [5, 5.41) is 15.0. The molecular weight excluding hydrogens is 284 g/mol. The number of nitro groups is 1. The molecule has 1 spiro atoms. The lowest BCUT2D eigenvalue weighted by Gasteiger charge is -2.43. The second-order valence-electron chi connectivity index (χ2n) is 6.30. The Labute approximate surface area is 128 Å². The molecule has 0 bridgehead atoms. The summed E-state index contributed by atoms with van der Waals surface area (Å²) >= 11 is 0. The number of hydrogen-bond donors (Lipinski definition) is 0. The fraction of sp³-hybridized carbons (Fsp3) is 0.600. The number of amides is 1. The quantitative estimate of drug-likeness (QED) is 0.477. The molecule has 1 fully saturated rings. The van der Waals surface area contributed by atoms with Crippen LogP contribution in [0.25, 0.3) is 0 Å². The molecule has 1 saturated heterocycles. The zero-order valence-electron chi connectivity index (χ0n) is 12.7. The highest BCUT2D eigenvalue weighted by molar-refractivity contribution is 5.96. The number of aryl methyl sites for hydroxylation is 1. The van der Waals surface area contributed by atoms with Crippen LogP contribution in [0.1, 0.15) is 42.6 Å². The van der Waals surface area contributed by atoms with Gasteiger partial charge in [0.15, 0.2) is 0 Å². The fourth-order valence-corrected chi connectivity index (χ4v) is 3.65. The summed E-state index contributed by atoms with van der Waals surface area (Å²) in [7, 11) is 1.57. The van der Waals surface area contributed by atoms with Crippen molar-refractivity contribution in [2.75, 3.05) is 13.1 Å². The first-order valence-corrected chi connectivity index (χ1v) is 7.63. The summed E-state index contributed by atoms with van der Waals surface area (Å²) in [5.74, 6) is -0.277. The van der Waals surface area contributed by atoms with Crippen LogP contribution in [0.4, 0.5) is 5.69 Å². The van der Waals surface area contributed by atoms with Crippen molar-refractivity contribution in [1.29, 1.82) is 0 Å². The zero-order valence-corrected chi connectivity index (χ0v) is 12.7. The van der Waals surface area contributed by atoms with Gasteiger partial charge in [0.1, 0.15) is 6.20 Å². The maximum absolute atomic E-state index is 12.8. The molecule has 0 radical (unpaired) electrons. The van der Waals surface area contributed by atoms with Crippen LogP contribution < -0.4 is 0 Å². The molecule has 7 heteroatoms. The lowest BCUT2D eigenvalue weighted by molar-refractivity contribution is -0.385. The van der Waals surface area contributed by atoms with Gasteiger partial charge in [-0.3, -0.25) is 19.6 Å². The molecule has 0 aromatic carbocycles. The van der Waals surface area contributed by atoms with Crippen molar-refractivity contribution in [3.63, 3.8) is 0 Å². The predicted octanol–water partition coefficient (Wildman–Crippen LogP) is 2.29. The van der Waals surface area contributed by atoms with E-state index >= 15 is 0 Å². The van der Waals surface area contributed by atoms with Crippen molar-refractivity contribution in [1.82, 2.24) is 14.7 Å². The molecule has 1 unspecified atom stereocenters. The predicted molar refractivity (Wildman–Crippen MR) is 80.4 cm³/mol. The molecule has 3 rings (SSSR count). The van der Waals surface area contributed by atoms with E-state index in [9.17, 15) is 14.9 Å². The maximum Gasteiger partial charge on any atom is 0.320 e. The largest absolute Gasteiger partial charge is 0.337 e. The minimum atomic E-state index is -0.538. The highest BCUT2D eigenvalue weighted by Crippen LogP contribution is 2.41. The van der Waals surface area contributed by atoms with Gasteiger partial charge in [-0.05, 0) is 37.5 Å². The van der Waals surface area contributed by atoms with E-state index in [2.05, 4.69) is 17.3 Å². The Kier molecular flexibility index (Phi) is 3.72. The van der Waals surface area contributed by atoms with Gasteiger partial charge in [0.25, 0.3) is 5.91 Å². The standard InChI is InChI=1S/C15H20N4O3/c1-17-13(12(10-16-17)19(21)22)14(20)18-9-5-8-15(11-18)6-3-2-4-7-15/h2-3,10H,4-9,11H2,1H3. The van der Waals surface area contributed by atoms with E-state index in [0.29, 0.717) is 13.1 Å². The first-order valence-electron chi connectivity index (χ1n) is 7.63. The van der Waals surface area contributed by atoms with Gasteiger partial charge < -0.3 is 4.90 Å². The number of allylic oxidation sites excluding steroid dienone is 2. The van der Waals surface area contributed by atoms with Crippen molar-refractivity contribution in [3.05, 3.63) is 34.2 Å². The smallest absolute Gasteiger partial charge is 0.320 e. The van der Waals surface area contributed by atoms with Crippen LogP contribution in [0.15, 0.2) is 18.3 Å². The third-order valence-electron chi connectivity index (χ3n) is 4.83. The Bertz CT molecular complexity index is 637. The molecule has 1 atom stereocenters. The minimum Gasteiger partial charge on any atom is -0.337 e. The average molecular weight is 304 g/mol. The van der Waals surface area contributed by atoms with Gasteiger partial charge in [-0.15, -0.1) is 0 Å². The summed E-state index contributed by atoms with van der Waals surface area (Å²) in [5.41, 5.74) is 0.0137. The summed E-state index contributed by atoms with van der Waals surface area (Å²) < 4.78 is 1.31. The van der Waals surface area contributed by atoms with Crippen LogP contribution in [0.5, 0.6) is 0 Å². The van der Waals surface area contributed by atoms with Crippen LogP contribution in [-0.4, -0.2) is 38.6 Å². The fourth-order valence-electron chi connectivity index (χ4n) is 3.65. The van der Waals surface area contributed by atoms with Crippen LogP contribution in [-0.2, 0) is 7.05 Å². The molecule has 2 heterocycles. The minimum absolute atomic E-state index is 0.0772. The number of piperidine rings is 1. The van der Waals surface area contributed by atoms with Crippen molar-refractivity contribution in [3.8, 4) is 0 Å². The molecule has 1 aromatic heterocycles. The van der Waals surface area contributed by atoms with E-state index in [0.717, 1.165) is 38.3 Å².